The molecule has 0 unspecified atom stereocenters. The maximum absolute atomic E-state index is 13.4. The summed E-state index contributed by atoms with van der Waals surface area (Å²) in [5, 5.41) is 10.8. The van der Waals surface area contributed by atoms with Gasteiger partial charge in [0.05, 0.1) is 17.7 Å². The molecule has 3 heterocycles. The second-order valence-electron chi connectivity index (χ2n) is 8.48. The molecule has 1 N–H and O–H groups in total. The highest BCUT2D eigenvalue weighted by molar-refractivity contribution is 6.15. The number of amides is 1. The topological polar surface area (TPSA) is 89.2 Å². The minimum Gasteiger partial charge on any atom is -0.503 e. The molecule has 34 heavy (non-hydrogen) atoms. The van der Waals surface area contributed by atoms with Gasteiger partial charge in [0, 0.05) is 13.2 Å². The number of aliphatic hydroxyl groups is 1. The van der Waals surface area contributed by atoms with Crippen molar-refractivity contribution in [1.82, 2.24) is 4.90 Å². The molecule has 0 bridgehead atoms. The minimum absolute atomic E-state index is 0.00536. The van der Waals surface area contributed by atoms with Crippen LogP contribution in [0.4, 0.5) is 0 Å². The number of para-hydroxylation sites is 1. The first-order chi connectivity index (χ1) is 16.5. The Bertz CT molecular complexity index is 1240. The van der Waals surface area contributed by atoms with Crippen molar-refractivity contribution in [3.8, 4) is 11.5 Å². The van der Waals surface area contributed by atoms with Gasteiger partial charge in [-0.1, -0.05) is 30.3 Å². The van der Waals surface area contributed by atoms with E-state index in [1.165, 1.54) is 4.90 Å². The van der Waals surface area contributed by atoms with Gasteiger partial charge in [-0.2, -0.15) is 0 Å². The van der Waals surface area contributed by atoms with Crippen molar-refractivity contribution in [2.45, 2.75) is 31.9 Å². The summed E-state index contributed by atoms with van der Waals surface area (Å²) in [7, 11) is 0. The van der Waals surface area contributed by atoms with Gasteiger partial charge in [0.25, 0.3) is 5.91 Å². The summed E-state index contributed by atoms with van der Waals surface area (Å²) in [5.74, 6) is 0.191. The summed E-state index contributed by atoms with van der Waals surface area (Å²) in [6.07, 6.45) is 1.58. The molecule has 2 aliphatic rings. The van der Waals surface area contributed by atoms with Crippen LogP contribution in [0, 0.1) is 6.92 Å². The van der Waals surface area contributed by atoms with Gasteiger partial charge in [-0.3, -0.25) is 9.59 Å². The standard InChI is InChI=1S/C27H25NO6/c1-17-12-13-22(33-17)25(29)23-24(28(27(31)26(23)30)16-21-11-6-14-32-21)18-7-5-10-20(15-18)34-19-8-3-2-4-9-19/h2-5,7-10,12-13,15,21,24,30H,6,11,14,16H2,1H3/t21-,24+/m1/s1. The molecule has 1 fully saturated rings. The van der Waals surface area contributed by atoms with Gasteiger partial charge in [0.2, 0.25) is 5.78 Å². The fourth-order valence-corrected chi connectivity index (χ4v) is 4.49. The number of benzene rings is 2. The Morgan fingerprint density at radius 3 is 2.59 bits per heavy atom. The van der Waals surface area contributed by atoms with Crippen molar-refractivity contribution in [2.24, 2.45) is 0 Å². The van der Waals surface area contributed by atoms with E-state index in [2.05, 4.69) is 0 Å². The molecule has 1 amide bonds. The van der Waals surface area contributed by atoms with Crippen LogP contribution in [-0.4, -0.2) is 41.0 Å². The van der Waals surface area contributed by atoms with Gasteiger partial charge in [0.15, 0.2) is 11.5 Å². The number of ether oxygens (including phenoxy) is 2. The van der Waals surface area contributed by atoms with Gasteiger partial charge < -0.3 is 23.9 Å². The first kappa shape index (κ1) is 22.0. The maximum Gasteiger partial charge on any atom is 0.290 e. The third-order valence-corrected chi connectivity index (χ3v) is 6.09. The van der Waals surface area contributed by atoms with Gasteiger partial charge >= 0.3 is 0 Å². The third-order valence-electron chi connectivity index (χ3n) is 6.09. The predicted octanol–water partition coefficient (Wildman–Crippen LogP) is 5.14. The average Bonchev–Trinajstić information content (AvgIpc) is 3.57. The molecule has 0 radical (unpaired) electrons. The van der Waals surface area contributed by atoms with Gasteiger partial charge in [-0.25, -0.2) is 0 Å². The molecule has 0 saturated carbocycles. The number of furan rings is 1. The predicted molar refractivity (Wildman–Crippen MR) is 124 cm³/mol. The van der Waals surface area contributed by atoms with Crippen molar-refractivity contribution in [3.05, 3.63) is 95.1 Å². The summed E-state index contributed by atoms with van der Waals surface area (Å²) in [5.41, 5.74) is 0.643. The molecule has 2 aromatic carbocycles. The number of carbonyl (C=O) groups is 2. The number of ketones is 1. The number of Topliss-reactive ketones (excluding diaryl/α,β-unsaturated/α-hetero) is 1. The highest BCUT2D eigenvalue weighted by atomic mass is 16.5. The second-order valence-corrected chi connectivity index (χ2v) is 8.48. The molecular weight excluding hydrogens is 434 g/mol. The summed E-state index contributed by atoms with van der Waals surface area (Å²) < 4.78 is 17.2. The second kappa shape index (κ2) is 9.19. The van der Waals surface area contributed by atoms with Crippen LogP contribution >= 0.6 is 0 Å². The van der Waals surface area contributed by atoms with Crippen LogP contribution in [0.1, 0.15) is 40.8 Å². The number of nitrogens with zero attached hydrogens (tertiary/aromatic N) is 1. The summed E-state index contributed by atoms with van der Waals surface area (Å²) >= 11 is 0. The van der Waals surface area contributed by atoms with Gasteiger partial charge in [-0.15, -0.1) is 0 Å². The van der Waals surface area contributed by atoms with E-state index in [1.54, 1.807) is 37.3 Å². The Kier molecular flexibility index (Phi) is 5.94. The Morgan fingerprint density at radius 2 is 1.88 bits per heavy atom. The van der Waals surface area contributed by atoms with Crippen LogP contribution in [0.2, 0.25) is 0 Å². The molecule has 1 saturated heterocycles. The van der Waals surface area contributed by atoms with Crippen LogP contribution in [0.15, 0.2) is 82.5 Å². The van der Waals surface area contributed by atoms with Crippen LogP contribution in [0.3, 0.4) is 0 Å². The lowest BCUT2D eigenvalue weighted by Gasteiger charge is -2.29. The number of hydrogen-bond acceptors (Lipinski definition) is 6. The summed E-state index contributed by atoms with van der Waals surface area (Å²) in [6, 6.07) is 19.0. The van der Waals surface area contributed by atoms with Crippen molar-refractivity contribution >= 4 is 11.7 Å². The summed E-state index contributed by atoms with van der Waals surface area (Å²) in [4.78, 5) is 28.1. The molecule has 7 heteroatoms. The molecule has 2 aliphatic heterocycles. The van der Waals surface area contributed by atoms with E-state index in [1.807, 2.05) is 36.4 Å². The molecule has 3 aromatic rings. The highest BCUT2D eigenvalue weighted by Gasteiger charge is 2.45. The Morgan fingerprint density at radius 1 is 1.09 bits per heavy atom. The van der Waals surface area contributed by atoms with Gasteiger partial charge in [-0.05, 0) is 61.7 Å². The lowest BCUT2D eigenvalue weighted by Crippen LogP contribution is -2.37. The van der Waals surface area contributed by atoms with Crippen molar-refractivity contribution in [2.75, 3.05) is 13.2 Å². The van der Waals surface area contributed by atoms with E-state index in [4.69, 9.17) is 13.9 Å². The molecule has 5 rings (SSSR count). The largest absolute Gasteiger partial charge is 0.503 e. The molecule has 2 atom stereocenters. The summed E-state index contributed by atoms with van der Waals surface area (Å²) in [6.45, 7) is 2.64. The number of aryl methyl sites for hydroxylation is 1. The van der Waals surface area contributed by atoms with E-state index in [-0.39, 0.29) is 24.0 Å². The lowest BCUT2D eigenvalue weighted by molar-refractivity contribution is -0.131. The molecule has 1 aromatic heterocycles. The fraction of sp³-hybridized carbons (Fsp3) is 0.259. The average molecular weight is 459 g/mol. The fourth-order valence-electron chi connectivity index (χ4n) is 4.49. The normalized spacial score (nSPS) is 20.3. The van der Waals surface area contributed by atoms with E-state index in [0.29, 0.717) is 29.4 Å². The zero-order chi connectivity index (χ0) is 23.7. The molecule has 7 nitrogen and oxygen atoms in total. The smallest absolute Gasteiger partial charge is 0.290 e. The van der Waals surface area contributed by atoms with Crippen molar-refractivity contribution < 1.29 is 28.6 Å². The van der Waals surface area contributed by atoms with Crippen molar-refractivity contribution in [3.63, 3.8) is 0 Å². The SMILES string of the molecule is Cc1ccc(C(=O)C2=C(O)C(=O)N(C[C@H]3CCCO3)[C@H]2c2cccc(Oc3ccccc3)c2)o1. The Balaban J connectivity index is 1.53. The number of rotatable bonds is 7. The first-order valence-corrected chi connectivity index (χ1v) is 11.3. The minimum atomic E-state index is -0.797. The zero-order valence-corrected chi connectivity index (χ0v) is 18.8. The van der Waals surface area contributed by atoms with Crippen LogP contribution in [0.5, 0.6) is 11.5 Å². The van der Waals surface area contributed by atoms with Crippen LogP contribution < -0.4 is 4.74 Å². The first-order valence-electron chi connectivity index (χ1n) is 11.3. The molecule has 0 aliphatic carbocycles. The highest BCUT2D eigenvalue weighted by Crippen LogP contribution is 2.41. The van der Waals surface area contributed by atoms with E-state index < -0.39 is 23.5 Å². The van der Waals surface area contributed by atoms with Crippen LogP contribution in [0.25, 0.3) is 0 Å². The Hall–Kier alpha value is -3.84. The molecule has 174 valence electrons. The lowest BCUT2D eigenvalue weighted by atomic mass is 9.94. The third kappa shape index (κ3) is 4.22. The number of carbonyl (C=O) groups excluding carboxylic acids is 2. The Labute approximate surface area is 197 Å². The molecular formula is C27H25NO6. The molecule has 0 spiro atoms. The monoisotopic (exact) mass is 459 g/mol. The quantitative estimate of drug-likeness (QED) is 0.492. The van der Waals surface area contributed by atoms with Crippen LogP contribution in [-0.2, 0) is 9.53 Å². The maximum atomic E-state index is 13.4. The van der Waals surface area contributed by atoms with E-state index >= 15 is 0 Å². The number of aliphatic hydroxyl groups excluding tert-OH is 1. The van der Waals surface area contributed by atoms with E-state index in [0.717, 1.165) is 12.8 Å². The van der Waals surface area contributed by atoms with E-state index in [9.17, 15) is 14.7 Å². The zero-order valence-electron chi connectivity index (χ0n) is 18.8. The van der Waals surface area contributed by atoms with Gasteiger partial charge in [0.1, 0.15) is 17.3 Å². The van der Waals surface area contributed by atoms with Crippen molar-refractivity contribution in [1.29, 1.82) is 0 Å². The number of hydrogen-bond donors (Lipinski definition) is 1.